The second kappa shape index (κ2) is 73.7. The molecule has 0 radical (unpaired) electrons. The average Bonchev–Trinajstić information content (AvgIpc) is 0.743. The maximum absolute atomic E-state index is 14.3. The maximum Gasteiger partial charge on any atom is 0.475 e. The first-order chi connectivity index (χ1) is 59.8. The molecular weight excluding hydrogens is 1640 g/mol. The van der Waals surface area contributed by atoms with Crippen LogP contribution in [-0.2, 0) is 69.4 Å². The molecule has 2 rings (SSSR count). The summed E-state index contributed by atoms with van der Waals surface area (Å²) in [7, 11) is -11.4. The Hall–Kier alpha value is -4.90. The molecule has 0 saturated heterocycles. The van der Waals surface area contributed by atoms with Gasteiger partial charge in [-0.05, 0) is 108 Å². The number of carbonyl (C=O) groups excluding carboxylic acids is 6. The fourth-order valence-electron chi connectivity index (χ4n) is 15.0. The monoisotopic (exact) mass is 1820 g/mol. The van der Waals surface area contributed by atoms with Crippen molar-refractivity contribution in [2.75, 3.05) is 52.7 Å². The van der Waals surface area contributed by atoms with E-state index in [1.165, 1.54) is 202 Å². The lowest BCUT2D eigenvalue weighted by Crippen LogP contribution is -2.67. The second-order valence-corrected chi connectivity index (χ2v) is 44.6. The lowest BCUT2D eigenvalue weighted by molar-refractivity contribution is -0.128. The van der Waals surface area contributed by atoms with E-state index in [-0.39, 0.29) is 99.7 Å². The number of aliphatic hydroxyl groups is 1. The van der Waals surface area contributed by atoms with Crippen LogP contribution in [0, 0.1) is 0 Å². The van der Waals surface area contributed by atoms with Crippen LogP contribution in [-0.4, -0.2) is 137 Å². The summed E-state index contributed by atoms with van der Waals surface area (Å²) in [6.45, 7) is 31.9. The molecule has 0 heterocycles. The van der Waals surface area contributed by atoms with E-state index in [9.17, 15) is 43.0 Å². The van der Waals surface area contributed by atoms with Crippen molar-refractivity contribution in [3.05, 3.63) is 86.0 Å². The van der Waals surface area contributed by atoms with Gasteiger partial charge in [0.2, 0.25) is 11.8 Å². The molecule has 22 nitrogen and oxygen atoms in total. The molecule has 0 aromatic heterocycles. The number of amides is 4. The van der Waals surface area contributed by atoms with Gasteiger partial charge in [0.25, 0.3) is 8.32 Å². The molecule has 0 aliphatic carbocycles. The summed E-state index contributed by atoms with van der Waals surface area (Å²) in [5.41, 5.74) is -1.37. The maximum atomic E-state index is 14.3. The molecule has 0 bridgehead atoms. The highest BCUT2D eigenvalue weighted by Crippen LogP contribution is 2.50. The van der Waals surface area contributed by atoms with Crippen LogP contribution in [0.25, 0.3) is 0 Å². The lowest BCUT2D eigenvalue weighted by Gasteiger charge is -2.45. The van der Waals surface area contributed by atoms with Crippen LogP contribution >= 0.6 is 15.6 Å². The van der Waals surface area contributed by atoms with Gasteiger partial charge in [0.15, 0.2) is 11.6 Å². The first-order valence-electron chi connectivity index (χ1n) is 49.2. The molecule has 0 aliphatic heterocycles. The predicted octanol–water partition coefficient (Wildman–Crippen LogP) is 25.7. The van der Waals surface area contributed by atoms with Gasteiger partial charge < -0.3 is 40.3 Å². The molecule has 25 heteroatoms. The summed E-state index contributed by atoms with van der Waals surface area (Å²) in [4.78, 5) is 78.3. The summed E-state index contributed by atoms with van der Waals surface area (Å²) in [5.74, 6) is -1.05. The largest absolute Gasteiger partial charge is 0.475 e. The van der Waals surface area contributed by atoms with Gasteiger partial charge in [0, 0.05) is 44.9 Å². The van der Waals surface area contributed by atoms with Crippen molar-refractivity contribution >= 4 is 69.9 Å². The molecule has 2 aromatic rings. The van der Waals surface area contributed by atoms with Gasteiger partial charge in [-0.3, -0.25) is 46.3 Å². The predicted molar refractivity (Wildman–Crippen MR) is 516 cm³/mol. The Morgan fingerprint density at radius 3 is 0.984 bits per heavy atom. The first kappa shape index (κ1) is 118. The smallest absolute Gasteiger partial charge is 0.444 e. The van der Waals surface area contributed by atoms with Crippen molar-refractivity contribution in [3.63, 3.8) is 0 Å². The molecular formula is C100H180N4O18P2Si. The number of hydrogen-bond donors (Lipinski definition) is 5. The summed E-state index contributed by atoms with van der Waals surface area (Å²) < 4.78 is 78.8. The van der Waals surface area contributed by atoms with Crippen LogP contribution in [0.5, 0.6) is 0 Å². The van der Waals surface area contributed by atoms with E-state index in [0.717, 1.165) is 70.6 Å². The fraction of sp³-hybridized carbons (Fsp3) is 0.780. The normalized spacial score (nSPS) is 13.8. The number of ketones is 2. The Bertz CT molecular complexity index is 3130. The number of carbonyl (C=O) groups is 6. The highest BCUT2D eigenvalue weighted by atomic mass is 31.2. The molecule has 722 valence electrons. The van der Waals surface area contributed by atoms with Gasteiger partial charge in [-0.1, -0.05) is 365 Å². The Morgan fingerprint density at radius 2 is 0.672 bits per heavy atom. The summed E-state index contributed by atoms with van der Waals surface area (Å²) >= 11 is 0. The molecule has 125 heavy (non-hydrogen) atoms. The van der Waals surface area contributed by atoms with Crippen LogP contribution < -0.4 is 31.6 Å². The molecule has 4 amide bonds. The van der Waals surface area contributed by atoms with Gasteiger partial charge >= 0.3 is 27.8 Å². The number of unbranched alkanes of at least 4 members (excludes halogenated alkanes) is 36. The lowest BCUT2D eigenvalue weighted by atomic mass is 10.0. The zero-order valence-electron chi connectivity index (χ0n) is 80.9. The third-order valence-electron chi connectivity index (χ3n) is 21.9. The molecule has 6 atom stereocenters. The number of rotatable bonds is 80. The van der Waals surface area contributed by atoms with Gasteiger partial charge in [0.1, 0.15) is 23.3 Å². The van der Waals surface area contributed by atoms with Crippen molar-refractivity contribution in [3.8, 4) is 0 Å². The van der Waals surface area contributed by atoms with Gasteiger partial charge in [-0.15, -0.1) is 13.2 Å². The number of nitrogens with one attached hydrogen (secondary N) is 4. The zero-order valence-corrected chi connectivity index (χ0v) is 83.7. The van der Waals surface area contributed by atoms with E-state index in [1.807, 2.05) is 0 Å². The van der Waals surface area contributed by atoms with Crippen LogP contribution in [0.3, 0.4) is 0 Å². The van der Waals surface area contributed by atoms with Crippen molar-refractivity contribution in [2.45, 2.75) is 452 Å². The number of Topliss-reactive ketones (excluding diaryl/α,β-unsaturated/α-hetero) is 2. The molecule has 0 saturated carbocycles. The van der Waals surface area contributed by atoms with Gasteiger partial charge in [-0.2, -0.15) is 0 Å². The van der Waals surface area contributed by atoms with E-state index in [4.69, 9.17) is 41.0 Å². The first-order valence-corrected chi connectivity index (χ1v) is 54.0. The SMILES string of the molecule is C=CCOP(=O)(OCCNC(=O)OC(C)(C)C)OC[C@H](NC(=O)CCCCCCCCCCC)C(=O)CCCC(CCCCCCCCCCCCC)O[Si](c1ccccc1)(c1ccccc1)C(C)(C)C.C=CCOP(=O)(OCCNC(=O)OC(C)(C)C)OC[C@H](NC(=O)CCCCCCCCCCC)C(=O)CCCC(O)CCCCCCCCCCCCC. The van der Waals surface area contributed by atoms with E-state index in [2.05, 4.69) is 144 Å². The molecule has 0 fully saturated rings. The number of ether oxygens (including phenoxy) is 2. The van der Waals surface area contributed by atoms with Gasteiger partial charge in [0.05, 0.1) is 45.7 Å². The number of phosphoric acid groups is 2. The number of aliphatic hydroxyl groups excluding tert-OH is 1. The third-order valence-corrected chi connectivity index (χ3v) is 29.9. The minimum absolute atomic E-state index is 0.0287. The minimum Gasteiger partial charge on any atom is -0.444 e. The number of alkyl carbamates (subject to hydrolysis) is 2. The van der Waals surface area contributed by atoms with Gasteiger partial charge in [-0.25, -0.2) is 18.7 Å². The minimum atomic E-state index is -4.27. The quantitative estimate of drug-likeness (QED) is 0.0178. The van der Waals surface area contributed by atoms with Crippen LogP contribution in [0.2, 0.25) is 5.04 Å². The Morgan fingerprint density at radius 1 is 0.384 bits per heavy atom. The highest BCUT2D eigenvalue weighted by molar-refractivity contribution is 7.48. The van der Waals surface area contributed by atoms with Crippen molar-refractivity contribution in [1.82, 2.24) is 21.3 Å². The molecule has 5 N–H and O–H groups in total. The van der Waals surface area contributed by atoms with E-state index < -0.39 is 78.8 Å². The van der Waals surface area contributed by atoms with E-state index in [0.29, 0.717) is 44.9 Å². The van der Waals surface area contributed by atoms with Crippen LogP contribution in [0.4, 0.5) is 9.59 Å². The molecule has 0 aliphatic rings. The number of benzene rings is 2. The number of hydrogen-bond acceptors (Lipinski definition) is 18. The molecule has 0 spiro atoms. The zero-order chi connectivity index (χ0) is 92.6. The summed E-state index contributed by atoms with van der Waals surface area (Å²) in [5, 5.41) is 23.6. The van der Waals surface area contributed by atoms with Crippen molar-refractivity contribution < 1.29 is 84.0 Å². The van der Waals surface area contributed by atoms with Crippen LogP contribution in [0.1, 0.15) is 411 Å². The average molecular weight is 1820 g/mol. The van der Waals surface area contributed by atoms with Crippen LogP contribution in [0.15, 0.2) is 86.0 Å². The standard InChI is InChI=1S/C58H99N2O9PSi.C42H81N2O9P/c1-10-13-15-17-19-21-22-24-25-27-31-38-50(69-71(58(7,8)9,51-40-32-29-33-41-51)52-42-34-30-35-43-52)39-37-44-54(61)53(60-55(62)45-36-28-26-23-20-18-16-14-11-2)49-67-70(64,65-47-12-3)66-48-46-59-56(63)68-57(4,5)6;1-7-10-12-14-16-18-19-21-22-24-26-29-37(45)30-28-31-39(46)38(44-40(47)32-27-25-23-20-17-15-13-11-8-2)36-52-54(49,50-34-9-3)51-35-33-43-41(48)53-42(4,5)6/h12,29-30,32-35,40-43,50,53H,3,10-11,13-28,31,36-39,44-49H2,1-2,4-9H3,(H,59,63)(H,60,62);9,37-38,45H,3,7-8,10-36H2,1-2,4-6H3,(H,43,48)(H,44,47)/t50?,53-,70?;37?,38-,54?/m00/s1. The number of phosphoric ester groups is 2. The molecule has 4 unspecified atom stereocenters. The second-order valence-electron chi connectivity index (χ2n) is 37.0. The van der Waals surface area contributed by atoms with Crippen molar-refractivity contribution in [2.24, 2.45) is 0 Å². The third kappa shape index (κ3) is 62.9. The van der Waals surface area contributed by atoms with E-state index >= 15 is 0 Å². The summed E-state index contributed by atoms with van der Waals surface area (Å²) in [6, 6.07) is 19.2. The Balaban J connectivity index is 0.00000130. The Labute approximate surface area is 761 Å². The summed E-state index contributed by atoms with van der Waals surface area (Å²) in [6.07, 6.45) is 53.1. The fourth-order valence-corrected chi connectivity index (χ4v) is 22.1. The molecule has 2 aromatic carbocycles. The topological polar surface area (TPSA) is 288 Å². The van der Waals surface area contributed by atoms with Crippen molar-refractivity contribution in [1.29, 1.82) is 0 Å². The Kier molecular flexibility index (Phi) is 69.7. The van der Waals surface area contributed by atoms with E-state index in [1.54, 1.807) is 41.5 Å². The highest BCUT2D eigenvalue weighted by Gasteiger charge is 2.51.